The van der Waals surface area contributed by atoms with Gasteiger partial charge in [0.15, 0.2) is 0 Å². The van der Waals surface area contributed by atoms with Gasteiger partial charge in [-0.25, -0.2) is 0 Å². The van der Waals surface area contributed by atoms with Crippen molar-refractivity contribution in [2.45, 2.75) is 20.5 Å². The Morgan fingerprint density at radius 1 is 1.03 bits per heavy atom. The summed E-state index contributed by atoms with van der Waals surface area (Å²) in [6.07, 6.45) is 1.62. The number of carbonyl (C=O) groups excluding carboxylic acids is 3. The highest BCUT2D eigenvalue weighted by Gasteiger charge is 2.36. The predicted octanol–water partition coefficient (Wildman–Crippen LogP) is 6.86. The van der Waals surface area contributed by atoms with Crippen LogP contribution in [0.3, 0.4) is 0 Å². The molecule has 1 aliphatic heterocycles. The molecular formula is C27H22Cl2N2O4S. The van der Waals surface area contributed by atoms with Gasteiger partial charge in [-0.3, -0.25) is 19.3 Å². The number of amides is 3. The number of halogens is 2. The molecule has 0 aromatic heterocycles. The molecule has 1 fully saturated rings. The molecule has 3 amide bonds. The Morgan fingerprint density at radius 2 is 1.78 bits per heavy atom. The highest BCUT2D eigenvalue weighted by atomic mass is 35.5. The zero-order chi connectivity index (χ0) is 25.8. The van der Waals surface area contributed by atoms with Gasteiger partial charge in [0.25, 0.3) is 11.1 Å². The van der Waals surface area contributed by atoms with Crippen LogP contribution in [0, 0.1) is 13.8 Å². The largest absolute Gasteiger partial charge is 0.489 e. The Balaban J connectivity index is 1.36. The van der Waals surface area contributed by atoms with Crippen molar-refractivity contribution in [3.8, 4) is 5.75 Å². The standard InChI is InChI=1S/C27H22Cl2N2O4S/c1-16-3-10-23(17(2)11-16)30-25(32)14-31-26(33)24(36-27(31)34)12-18-4-8-21(9-5-18)35-15-19-6-7-20(28)13-22(19)29/h3-13H,14-15H2,1-2H3,(H,30,32)/b24-12+. The van der Waals surface area contributed by atoms with Crippen LogP contribution < -0.4 is 10.1 Å². The molecule has 0 spiro atoms. The van der Waals surface area contributed by atoms with E-state index in [1.54, 1.807) is 54.6 Å². The highest BCUT2D eigenvalue weighted by molar-refractivity contribution is 8.18. The van der Waals surface area contributed by atoms with Crippen LogP contribution in [0.2, 0.25) is 10.0 Å². The predicted molar refractivity (Wildman–Crippen MR) is 144 cm³/mol. The number of nitrogens with one attached hydrogen (secondary N) is 1. The molecule has 184 valence electrons. The van der Waals surface area contributed by atoms with Crippen LogP contribution in [0.1, 0.15) is 22.3 Å². The average Bonchev–Trinajstić information content (AvgIpc) is 3.08. The second-order valence-electron chi connectivity index (χ2n) is 8.23. The number of imide groups is 1. The third-order valence-electron chi connectivity index (χ3n) is 5.42. The maximum absolute atomic E-state index is 12.8. The molecule has 1 N–H and O–H groups in total. The van der Waals surface area contributed by atoms with Crippen LogP contribution in [0.5, 0.6) is 5.75 Å². The molecule has 0 saturated carbocycles. The molecule has 4 rings (SSSR count). The minimum absolute atomic E-state index is 0.251. The zero-order valence-electron chi connectivity index (χ0n) is 19.5. The fraction of sp³-hybridized carbons (Fsp3) is 0.148. The van der Waals surface area contributed by atoms with Crippen LogP contribution in [0.4, 0.5) is 10.5 Å². The van der Waals surface area contributed by atoms with Crippen molar-refractivity contribution in [3.63, 3.8) is 0 Å². The van der Waals surface area contributed by atoms with E-state index in [1.807, 2.05) is 26.0 Å². The van der Waals surface area contributed by atoms with Gasteiger partial charge >= 0.3 is 0 Å². The zero-order valence-corrected chi connectivity index (χ0v) is 21.8. The summed E-state index contributed by atoms with van der Waals surface area (Å²) in [5.74, 6) is -0.319. The van der Waals surface area contributed by atoms with Gasteiger partial charge in [0.05, 0.1) is 4.91 Å². The van der Waals surface area contributed by atoms with E-state index in [-0.39, 0.29) is 18.1 Å². The van der Waals surface area contributed by atoms with Crippen molar-refractivity contribution in [1.82, 2.24) is 4.90 Å². The fourth-order valence-electron chi connectivity index (χ4n) is 3.53. The number of aryl methyl sites for hydroxylation is 2. The molecule has 0 atom stereocenters. The van der Waals surface area contributed by atoms with Gasteiger partial charge in [0.2, 0.25) is 5.91 Å². The molecule has 0 unspecified atom stereocenters. The summed E-state index contributed by atoms with van der Waals surface area (Å²) in [5.41, 5.74) is 4.15. The van der Waals surface area contributed by atoms with Crippen LogP contribution >= 0.6 is 35.0 Å². The van der Waals surface area contributed by atoms with Gasteiger partial charge in [-0.15, -0.1) is 0 Å². The molecule has 0 radical (unpaired) electrons. The molecule has 6 nitrogen and oxygen atoms in total. The fourth-order valence-corrected chi connectivity index (χ4v) is 4.84. The van der Waals surface area contributed by atoms with Crippen molar-refractivity contribution >= 4 is 63.8 Å². The first-order chi connectivity index (χ1) is 17.2. The SMILES string of the molecule is Cc1ccc(NC(=O)CN2C(=O)S/C(=C/c3ccc(OCc4ccc(Cl)cc4Cl)cc3)C2=O)c(C)c1. The summed E-state index contributed by atoms with van der Waals surface area (Å²) in [6.45, 7) is 3.77. The Bertz CT molecular complexity index is 1370. The second kappa shape index (κ2) is 11.2. The number of nitrogens with zero attached hydrogens (tertiary/aromatic N) is 1. The molecule has 1 aliphatic rings. The van der Waals surface area contributed by atoms with Crippen molar-refractivity contribution in [2.75, 3.05) is 11.9 Å². The first kappa shape index (κ1) is 25.8. The van der Waals surface area contributed by atoms with Gasteiger partial charge in [-0.2, -0.15) is 0 Å². The summed E-state index contributed by atoms with van der Waals surface area (Å²) < 4.78 is 5.77. The molecular weight excluding hydrogens is 519 g/mol. The Morgan fingerprint density at radius 3 is 2.47 bits per heavy atom. The molecule has 3 aromatic carbocycles. The molecule has 0 bridgehead atoms. The molecule has 1 heterocycles. The summed E-state index contributed by atoms with van der Waals surface area (Å²) >= 11 is 12.9. The summed E-state index contributed by atoms with van der Waals surface area (Å²) in [4.78, 5) is 38.9. The van der Waals surface area contributed by atoms with E-state index in [0.29, 0.717) is 21.5 Å². The lowest BCUT2D eigenvalue weighted by atomic mass is 10.1. The van der Waals surface area contributed by atoms with Crippen LogP contribution in [-0.2, 0) is 16.2 Å². The van der Waals surface area contributed by atoms with Gasteiger partial charge in [-0.05, 0) is 73.1 Å². The molecule has 1 saturated heterocycles. The maximum atomic E-state index is 12.8. The lowest BCUT2D eigenvalue weighted by Crippen LogP contribution is -2.36. The Labute approximate surface area is 223 Å². The normalized spacial score (nSPS) is 14.4. The van der Waals surface area contributed by atoms with Crippen LogP contribution in [0.15, 0.2) is 65.6 Å². The van der Waals surface area contributed by atoms with Crippen LogP contribution in [0.25, 0.3) is 6.08 Å². The minimum Gasteiger partial charge on any atom is -0.489 e. The number of thioether (sulfide) groups is 1. The van der Waals surface area contributed by atoms with E-state index >= 15 is 0 Å². The summed E-state index contributed by atoms with van der Waals surface area (Å²) in [5, 5.41) is 3.36. The van der Waals surface area contributed by atoms with Crippen molar-refractivity contribution in [2.24, 2.45) is 0 Å². The average molecular weight is 541 g/mol. The van der Waals surface area contributed by atoms with Gasteiger partial charge < -0.3 is 10.1 Å². The number of anilines is 1. The number of hydrogen-bond acceptors (Lipinski definition) is 5. The molecule has 3 aromatic rings. The van der Waals surface area contributed by atoms with Gasteiger partial charge in [0.1, 0.15) is 18.9 Å². The minimum atomic E-state index is -0.501. The van der Waals surface area contributed by atoms with Crippen LogP contribution in [-0.4, -0.2) is 28.5 Å². The smallest absolute Gasteiger partial charge is 0.294 e. The number of ether oxygens (including phenoxy) is 1. The van der Waals surface area contributed by atoms with E-state index in [4.69, 9.17) is 27.9 Å². The van der Waals surface area contributed by atoms with E-state index < -0.39 is 17.1 Å². The molecule has 0 aliphatic carbocycles. The first-order valence-electron chi connectivity index (χ1n) is 11.0. The number of hydrogen-bond donors (Lipinski definition) is 1. The second-order valence-corrected chi connectivity index (χ2v) is 10.1. The molecule has 36 heavy (non-hydrogen) atoms. The number of rotatable bonds is 7. The molecule has 9 heteroatoms. The van der Waals surface area contributed by atoms with E-state index in [2.05, 4.69) is 5.32 Å². The maximum Gasteiger partial charge on any atom is 0.294 e. The highest BCUT2D eigenvalue weighted by Crippen LogP contribution is 2.32. The van der Waals surface area contributed by atoms with E-state index in [1.165, 1.54) is 0 Å². The monoisotopic (exact) mass is 540 g/mol. The van der Waals surface area contributed by atoms with Gasteiger partial charge in [0, 0.05) is 21.3 Å². The third-order valence-corrected chi connectivity index (χ3v) is 6.91. The number of benzene rings is 3. The first-order valence-corrected chi connectivity index (χ1v) is 12.6. The van der Waals surface area contributed by atoms with Crippen molar-refractivity contribution in [1.29, 1.82) is 0 Å². The quantitative estimate of drug-likeness (QED) is 0.331. The van der Waals surface area contributed by atoms with Crippen molar-refractivity contribution < 1.29 is 19.1 Å². The summed E-state index contributed by atoms with van der Waals surface area (Å²) in [7, 11) is 0. The van der Waals surface area contributed by atoms with Gasteiger partial charge in [-0.1, -0.05) is 59.1 Å². The van der Waals surface area contributed by atoms with E-state index in [0.717, 1.165) is 38.9 Å². The van der Waals surface area contributed by atoms with Crippen molar-refractivity contribution in [3.05, 3.63) is 97.9 Å². The summed E-state index contributed by atoms with van der Waals surface area (Å²) in [6, 6.07) is 17.9. The lowest BCUT2D eigenvalue weighted by molar-refractivity contribution is -0.127. The Hall–Kier alpha value is -3.26. The topological polar surface area (TPSA) is 75.7 Å². The lowest BCUT2D eigenvalue weighted by Gasteiger charge is -2.14. The number of carbonyl (C=O) groups is 3. The Kier molecular flexibility index (Phi) is 8.04. The third kappa shape index (κ3) is 6.29. The van der Waals surface area contributed by atoms with E-state index in [9.17, 15) is 14.4 Å².